The molecule has 0 aliphatic heterocycles. The highest BCUT2D eigenvalue weighted by Crippen LogP contribution is 2.54. The van der Waals surface area contributed by atoms with Crippen LogP contribution in [0, 0.1) is 17.3 Å². The summed E-state index contributed by atoms with van der Waals surface area (Å²) in [6.07, 6.45) is 2.99. The summed E-state index contributed by atoms with van der Waals surface area (Å²) in [7, 11) is 3.25. The van der Waals surface area contributed by atoms with Gasteiger partial charge in [0.2, 0.25) is 5.78 Å². The molecule has 0 heterocycles. The zero-order valence-electron chi connectivity index (χ0n) is 25.3. The van der Waals surface area contributed by atoms with Crippen LogP contribution in [0.2, 0.25) is 0 Å². The van der Waals surface area contributed by atoms with Gasteiger partial charge in [-0.05, 0) is 72.8 Å². The van der Waals surface area contributed by atoms with Crippen molar-refractivity contribution in [2.45, 2.75) is 66.4 Å². The van der Waals surface area contributed by atoms with Crippen LogP contribution in [-0.2, 0) is 6.61 Å². The fourth-order valence-electron chi connectivity index (χ4n) is 7.06. The lowest BCUT2D eigenvalue weighted by molar-refractivity contribution is 0.102. The third-order valence-corrected chi connectivity index (χ3v) is 9.30. The number of ketones is 1. The maximum atomic E-state index is 14.3. The van der Waals surface area contributed by atoms with E-state index in [2.05, 4.69) is 34.6 Å². The molecule has 0 aromatic heterocycles. The fraction of sp³-hybridized carbons (Fsp3) is 0.417. The van der Waals surface area contributed by atoms with Crippen LogP contribution in [0.5, 0.6) is 23.0 Å². The van der Waals surface area contributed by atoms with Gasteiger partial charge in [0.15, 0.2) is 0 Å². The van der Waals surface area contributed by atoms with Gasteiger partial charge in [0.25, 0.3) is 0 Å². The Bertz CT molecular complexity index is 1480. The molecule has 5 nitrogen and oxygen atoms in total. The second-order valence-corrected chi connectivity index (χ2v) is 12.5. The predicted octanol–water partition coefficient (Wildman–Crippen LogP) is 8.46. The molecule has 1 N–H and O–H groups in total. The highest BCUT2D eigenvalue weighted by atomic mass is 16.5. The van der Waals surface area contributed by atoms with Crippen molar-refractivity contribution >= 4 is 5.78 Å². The van der Waals surface area contributed by atoms with Gasteiger partial charge in [-0.1, -0.05) is 69.2 Å². The first-order valence-corrected chi connectivity index (χ1v) is 14.6. The van der Waals surface area contributed by atoms with Crippen molar-refractivity contribution in [2.75, 3.05) is 14.2 Å². The Labute approximate surface area is 244 Å². The first-order valence-electron chi connectivity index (χ1n) is 14.6. The highest BCUT2D eigenvalue weighted by Gasteiger charge is 2.42. The number of methoxy groups -OCH3 is 2. The zero-order valence-corrected chi connectivity index (χ0v) is 25.3. The Morgan fingerprint density at radius 2 is 1.71 bits per heavy atom. The van der Waals surface area contributed by atoms with Gasteiger partial charge < -0.3 is 19.3 Å². The van der Waals surface area contributed by atoms with E-state index in [-0.39, 0.29) is 22.9 Å². The lowest BCUT2D eigenvalue weighted by Gasteiger charge is -2.42. The number of allylic oxidation sites excluding steroid dienone is 2. The molecule has 2 aliphatic carbocycles. The number of hydrogen-bond donors (Lipinski definition) is 1. The van der Waals surface area contributed by atoms with E-state index in [1.165, 1.54) is 17.6 Å². The van der Waals surface area contributed by atoms with Crippen molar-refractivity contribution in [3.8, 4) is 23.0 Å². The monoisotopic (exact) mass is 554 g/mol. The quantitative estimate of drug-likeness (QED) is 0.283. The number of phenolic OH excluding ortho intramolecular Hbond substituents is 1. The average Bonchev–Trinajstić information content (AvgIpc) is 2.95. The predicted molar refractivity (Wildman–Crippen MR) is 162 cm³/mol. The second-order valence-electron chi connectivity index (χ2n) is 12.5. The Kier molecular flexibility index (Phi) is 7.91. The molecule has 5 rings (SSSR count). The maximum Gasteiger partial charge on any atom is 0.201 e. The van der Waals surface area contributed by atoms with Crippen LogP contribution in [0.15, 0.2) is 65.7 Å². The van der Waals surface area contributed by atoms with E-state index in [0.717, 1.165) is 23.1 Å². The van der Waals surface area contributed by atoms with Crippen LogP contribution in [0.4, 0.5) is 0 Å². The summed E-state index contributed by atoms with van der Waals surface area (Å²) >= 11 is 0. The smallest absolute Gasteiger partial charge is 0.201 e. The molecule has 5 heteroatoms. The van der Waals surface area contributed by atoms with Crippen LogP contribution in [0.3, 0.4) is 0 Å². The lowest BCUT2D eigenvalue weighted by atomic mass is 9.62. The van der Waals surface area contributed by atoms with Crippen LogP contribution < -0.4 is 14.2 Å². The van der Waals surface area contributed by atoms with E-state index in [9.17, 15) is 9.90 Å². The van der Waals surface area contributed by atoms with E-state index in [1.54, 1.807) is 32.4 Å². The first kappa shape index (κ1) is 28.8. The molecule has 0 bridgehead atoms. The van der Waals surface area contributed by atoms with E-state index in [1.807, 2.05) is 36.4 Å². The molecule has 0 saturated carbocycles. The molecule has 0 unspecified atom stereocenters. The first-order chi connectivity index (χ1) is 19.6. The minimum atomic E-state index is -0.262. The zero-order chi connectivity index (χ0) is 29.5. The molecular weight excluding hydrogens is 512 g/mol. The van der Waals surface area contributed by atoms with Gasteiger partial charge in [0.1, 0.15) is 29.6 Å². The number of phenols is 1. The molecule has 0 radical (unpaired) electrons. The molecule has 0 fully saturated rings. The van der Waals surface area contributed by atoms with Crippen molar-refractivity contribution in [3.05, 3.63) is 93.6 Å². The number of fused-ring (bicyclic) bond motifs is 2. The molecule has 3 aromatic rings. The van der Waals surface area contributed by atoms with Gasteiger partial charge in [-0.25, -0.2) is 0 Å². The summed E-state index contributed by atoms with van der Waals surface area (Å²) in [4.78, 5) is 14.3. The average molecular weight is 555 g/mol. The Hall–Kier alpha value is -3.73. The maximum absolute atomic E-state index is 14.3. The number of ether oxygens (including phenoxy) is 3. The van der Waals surface area contributed by atoms with Gasteiger partial charge in [-0.15, -0.1) is 0 Å². The molecule has 0 amide bonds. The molecule has 41 heavy (non-hydrogen) atoms. The minimum Gasteiger partial charge on any atom is -0.507 e. The molecule has 216 valence electrons. The second kappa shape index (κ2) is 11.3. The Balaban J connectivity index is 1.72. The molecular formula is C36H42O5. The van der Waals surface area contributed by atoms with Crippen molar-refractivity contribution in [3.63, 3.8) is 0 Å². The molecule has 2 atom stereocenters. The summed E-state index contributed by atoms with van der Waals surface area (Å²) in [5.74, 6) is 2.21. The Morgan fingerprint density at radius 1 is 0.976 bits per heavy atom. The minimum absolute atomic E-state index is 0.00677. The van der Waals surface area contributed by atoms with Gasteiger partial charge in [0.05, 0.1) is 25.3 Å². The summed E-state index contributed by atoms with van der Waals surface area (Å²) in [6, 6.07) is 16.9. The van der Waals surface area contributed by atoms with Crippen LogP contribution in [0.1, 0.15) is 92.4 Å². The standard InChI is InChI=1S/C36H42O5/c1-21(2)25-15-16-36(4,5)28(22(25)3)19-27-26-17-24(39-6)18-31(41-20-23-11-9-8-10-12-23)33(26)35(38)34-29(37)13-14-30(40-7)32(27)34/h8-14,17-18,21,25,27,37H,15-16,19-20H2,1-7H3/t25-,27-/m0/s1. The van der Waals surface area contributed by atoms with Gasteiger partial charge in [-0.3, -0.25) is 4.79 Å². The summed E-state index contributed by atoms with van der Waals surface area (Å²) in [5, 5.41) is 11.1. The largest absolute Gasteiger partial charge is 0.507 e. The number of carbonyl (C=O) groups excluding carboxylic acids is 1. The SMILES string of the molecule is COc1cc(OCc2ccccc2)c2c(c1)[C@H](CC1=C(C)[C@H](C(C)C)CCC1(C)C)c1c(OC)ccc(O)c1C2=O. The third kappa shape index (κ3) is 5.23. The van der Waals surface area contributed by atoms with Crippen LogP contribution >= 0.6 is 0 Å². The van der Waals surface area contributed by atoms with Crippen LogP contribution in [0.25, 0.3) is 0 Å². The normalized spacial score (nSPS) is 19.6. The number of carbonyl (C=O) groups is 1. The fourth-order valence-corrected chi connectivity index (χ4v) is 7.06. The van der Waals surface area contributed by atoms with Crippen molar-refractivity contribution in [1.82, 2.24) is 0 Å². The Morgan fingerprint density at radius 3 is 2.37 bits per heavy atom. The van der Waals surface area contributed by atoms with Gasteiger partial charge in [0, 0.05) is 17.5 Å². The number of hydrogen-bond acceptors (Lipinski definition) is 5. The van der Waals surface area contributed by atoms with E-state index in [0.29, 0.717) is 53.2 Å². The van der Waals surface area contributed by atoms with E-state index >= 15 is 0 Å². The number of benzene rings is 3. The van der Waals surface area contributed by atoms with Crippen molar-refractivity contribution < 1.29 is 24.1 Å². The molecule has 0 saturated heterocycles. The highest BCUT2D eigenvalue weighted by molar-refractivity contribution is 6.16. The molecule has 0 spiro atoms. The molecule has 2 aliphatic rings. The third-order valence-electron chi connectivity index (χ3n) is 9.30. The van der Waals surface area contributed by atoms with Crippen molar-refractivity contribution in [2.24, 2.45) is 17.3 Å². The lowest BCUT2D eigenvalue weighted by Crippen LogP contribution is -2.30. The summed E-state index contributed by atoms with van der Waals surface area (Å²) in [5.41, 5.74) is 6.22. The topological polar surface area (TPSA) is 65.0 Å². The number of aromatic hydroxyl groups is 1. The summed E-state index contributed by atoms with van der Waals surface area (Å²) < 4.78 is 17.9. The van der Waals surface area contributed by atoms with Crippen molar-refractivity contribution in [1.29, 1.82) is 0 Å². The number of rotatable bonds is 8. The van der Waals surface area contributed by atoms with E-state index in [4.69, 9.17) is 14.2 Å². The van der Waals surface area contributed by atoms with Gasteiger partial charge in [-0.2, -0.15) is 0 Å². The van der Waals surface area contributed by atoms with Gasteiger partial charge >= 0.3 is 0 Å². The van der Waals surface area contributed by atoms with Crippen LogP contribution in [-0.4, -0.2) is 25.1 Å². The molecule has 3 aromatic carbocycles. The summed E-state index contributed by atoms with van der Waals surface area (Å²) in [6.45, 7) is 11.9. The van der Waals surface area contributed by atoms with E-state index < -0.39 is 0 Å².